The van der Waals surface area contributed by atoms with Crippen LogP contribution in [-0.4, -0.2) is 37.7 Å². The maximum absolute atomic E-state index is 6.41. The topological polar surface area (TPSA) is 21.7 Å². The monoisotopic (exact) mass is 289 g/mol. The summed E-state index contributed by atoms with van der Waals surface area (Å²) in [4.78, 5) is 2.41. The summed E-state index contributed by atoms with van der Waals surface area (Å²) in [7, 11) is 2.20. The summed E-state index contributed by atoms with van der Waals surface area (Å²) < 4.78 is 12.8. The van der Waals surface area contributed by atoms with Gasteiger partial charge in [-0.15, -0.1) is 0 Å². The minimum Gasteiger partial charge on any atom is -0.344 e. The molecule has 3 heteroatoms. The number of nitrogens with zero attached hydrogens (tertiary/aromatic N) is 1. The van der Waals surface area contributed by atoms with E-state index in [1.54, 1.807) is 0 Å². The summed E-state index contributed by atoms with van der Waals surface area (Å²) in [5.74, 6) is -0.605. The number of hydrogen-bond donors (Lipinski definition) is 0. The molecule has 0 unspecified atom stereocenters. The summed E-state index contributed by atoms with van der Waals surface area (Å²) in [6.45, 7) is 7.01. The lowest BCUT2D eigenvalue weighted by Gasteiger charge is -2.51. The molecule has 0 saturated carbocycles. The largest absolute Gasteiger partial charge is 0.344 e. The summed E-state index contributed by atoms with van der Waals surface area (Å²) >= 11 is 0. The fourth-order valence-corrected chi connectivity index (χ4v) is 3.47. The van der Waals surface area contributed by atoms with Gasteiger partial charge in [-0.2, -0.15) is 0 Å². The van der Waals surface area contributed by atoms with Crippen LogP contribution >= 0.6 is 0 Å². The molecule has 0 spiro atoms. The Hall–Kier alpha value is -0.900. The SMILES string of the molecule is CN1CCCC[C@@H]1C1(c2ccccc2)OCC(C)(C)CO1. The Labute approximate surface area is 128 Å². The number of likely N-dealkylation sites (tertiary alicyclic amines) is 1. The molecule has 3 rings (SSSR count). The lowest BCUT2D eigenvalue weighted by atomic mass is 9.86. The van der Waals surface area contributed by atoms with Gasteiger partial charge in [0, 0.05) is 11.0 Å². The van der Waals surface area contributed by atoms with E-state index in [4.69, 9.17) is 9.47 Å². The van der Waals surface area contributed by atoms with Gasteiger partial charge in [0.1, 0.15) is 0 Å². The zero-order chi connectivity index (χ0) is 14.9. The highest BCUT2D eigenvalue weighted by atomic mass is 16.7. The van der Waals surface area contributed by atoms with Crippen molar-refractivity contribution in [3.8, 4) is 0 Å². The second-order valence-electron chi connectivity index (χ2n) is 7.27. The van der Waals surface area contributed by atoms with Crippen LogP contribution in [0.5, 0.6) is 0 Å². The van der Waals surface area contributed by atoms with Crippen molar-refractivity contribution in [3.05, 3.63) is 35.9 Å². The van der Waals surface area contributed by atoms with Crippen LogP contribution in [0, 0.1) is 5.41 Å². The van der Waals surface area contributed by atoms with Gasteiger partial charge in [0.25, 0.3) is 0 Å². The zero-order valence-electron chi connectivity index (χ0n) is 13.5. The normalized spacial score (nSPS) is 29.2. The Balaban J connectivity index is 1.95. The number of rotatable bonds is 2. The molecular weight excluding hydrogens is 262 g/mol. The fourth-order valence-electron chi connectivity index (χ4n) is 3.47. The number of piperidine rings is 1. The smallest absolute Gasteiger partial charge is 0.211 e. The van der Waals surface area contributed by atoms with Crippen molar-refractivity contribution in [1.29, 1.82) is 0 Å². The van der Waals surface area contributed by atoms with Crippen LogP contribution in [0.1, 0.15) is 38.7 Å². The Bertz CT molecular complexity index is 461. The first-order valence-electron chi connectivity index (χ1n) is 8.07. The third-order valence-electron chi connectivity index (χ3n) is 4.74. The first-order valence-corrected chi connectivity index (χ1v) is 8.07. The summed E-state index contributed by atoms with van der Waals surface area (Å²) in [6, 6.07) is 10.8. The highest BCUT2D eigenvalue weighted by Crippen LogP contribution is 2.43. The number of hydrogen-bond acceptors (Lipinski definition) is 3. The highest BCUT2D eigenvalue weighted by Gasteiger charge is 2.49. The second kappa shape index (κ2) is 5.71. The standard InChI is InChI=1S/C18H27NO2/c1-17(2)13-20-18(21-14-17,15-9-5-4-6-10-15)16-11-7-8-12-19(16)3/h4-6,9-10,16H,7-8,11-14H2,1-3H3/t16-/m1/s1. The quantitative estimate of drug-likeness (QED) is 0.833. The minimum atomic E-state index is -0.605. The van der Waals surface area contributed by atoms with E-state index >= 15 is 0 Å². The lowest BCUT2D eigenvalue weighted by Crippen LogP contribution is -2.58. The molecule has 2 fully saturated rings. The van der Waals surface area contributed by atoms with Crippen LogP contribution < -0.4 is 0 Å². The van der Waals surface area contributed by atoms with Crippen LogP contribution in [-0.2, 0) is 15.3 Å². The van der Waals surface area contributed by atoms with E-state index in [-0.39, 0.29) is 5.41 Å². The molecule has 0 aliphatic carbocycles. The average Bonchev–Trinajstić information content (AvgIpc) is 2.50. The third-order valence-corrected chi connectivity index (χ3v) is 4.74. The van der Waals surface area contributed by atoms with Gasteiger partial charge in [-0.3, -0.25) is 4.90 Å². The Morgan fingerprint density at radius 3 is 2.33 bits per heavy atom. The number of benzene rings is 1. The predicted octanol–water partition coefficient (Wildman–Crippen LogP) is 3.40. The maximum atomic E-state index is 6.41. The van der Waals surface area contributed by atoms with Gasteiger partial charge in [-0.1, -0.05) is 50.6 Å². The van der Waals surface area contributed by atoms with Crippen molar-refractivity contribution in [3.63, 3.8) is 0 Å². The third kappa shape index (κ3) is 2.87. The van der Waals surface area contributed by atoms with E-state index in [2.05, 4.69) is 56.1 Å². The van der Waals surface area contributed by atoms with Crippen LogP contribution in [0.2, 0.25) is 0 Å². The molecule has 0 amide bonds. The summed E-state index contributed by atoms with van der Waals surface area (Å²) in [6.07, 6.45) is 3.65. The molecule has 0 bridgehead atoms. The second-order valence-corrected chi connectivity index (χ2v) is 7.27. The van der Waals surface area contributed by atoms with Crippen molar-refractivity contribution in [2.75, 3.05) is 26.8 Å². The van der Waals surface area contributed by atoms with Gasteiger partial charge in [-0.05, 0) is 26.4 Å². The number of likely N-dealkylation sites (N-methyl/N-ethyl adjacent to an activating group) is 1. The van der Waals surface area contributed by atoms with Crippen molar-refractivity contribution in [2.45, 2.75) is 44.9 Å². The Morgan fingerprint density at radius 2 is 1.71 bits per heavy atom. The number of ether oxygens (including phenoxy) is 2. The van der Waals surface area contributed by atoms with E-state index in [0.29, 0.717) is 6.04 Å². The molecule has 2 saturated heterocycles. The Morgan fingerprint density at radius 1 is 1.05 bits per heavy atom. The van der Waals surface area contributed by atoms with Crippen molar-refractivity contribution >= 4 is 0 Å². The van der Waals surface area contributed by atoms with Gasteiger partial charge < -0.3 is 9.47 Å². The molecule has 1 aromatic rings. The van der Waals surface area contributed by atoms with Crippen LogP contribution in [0.3, 0.4) is 0 Å². The molecule has 1 aromatic carbocycles. The van der Waals surface area contributed by atoms with E-state index in [0.717, 1.165) is 31.7 Å². The van der Waals surface area contributed by atoms with Crippen LogP contribution in [0.25, 0.3) is 0 Å². The Kier molecular flexibility index (Phi) is 4.08. The first kappa shape index (κ1) is 15.0. The molecule has 0 radical (unpaired) electrons. The van der Waals surface area contributed by atoms with Gasteiger partial charge >= 0.3 is 0 Å². The van der Waals surface area contributed by atoms with E-state index in [1.165, 1.54) is 12.8 Å². The molecule has 1 atom stereocenters. The molecular formula is C18H27NO2. The van der Waals surface area contributed by atoms with Gasteiger partial charge in [0.15, 0.2) is 0 Å². The molecule has 2 aliphatic heterocycles. The highest BCUT2D eigenvalue weighted by molar-refractivity contribution is 5.23. The summed E-state index contributed by atoms with van der Waals surface area (Å²) in [5, 5.41) is 0. The van der Waals surface area contributed by atoms with E-state index in [9.17, 15) is 0 Å². The lowest BCUT2D eigenvalue weighted by molar-refractivity contribution is -0.334. The minimum absolute atomic E-state index is 0.0888. The van der Waals surface area contributed by atoms with Crippen LogP contribution in [0.15, 0.2) is 30.3 Å². The van der Waals surface area contributed by atoms with Crippen molar-refractivity contribution in [2.24, 2.45) is 5.41 Å². The molecule has 2 aliphatic rings. The van der Waals surface area contributed by atoms with Gasteiger partial charge in [0.2, 0.25) is 5.79 Å². The molecule has 116 valence electrons. The van der Waals surface area contributed by atoms with Crippen molar-refractivity contribution < 1.29 is 9.47 Å². The molecule has 0 aromatic heterocycles. The molecule has 2 heterocycles. The predicted molar refractivity (Wildman–Crippen MR) is 84.1 cm³/mol. The molecule has 3 nitrogen and oxygen atoms in total. The van der Waals surface area contributed by atoms with E-state index in [1.807, 2.05) is 0 Å². The maximum Gasteiger partial charge on any atom is 0.211 e. The van der Waals surface area contributed by atoms with E-state index < -0.39 is 5.79 Å². The zero-order valence-corrected chi connectivity index (χ0v) is 13.5. The van der Waals surface area contributed by atoms with Gasteiger partial charge in [-0.25, -0.2) is 0 Å². The first-order chi connectivity index (χ1) is 10.0. The molecule has 0 N–H and O–H groups in total. The molecule has 21 heavy (non-hydrogen) atoms. The summed E-state index contributed by atoms with van der Waals surface area (Å²) in [5.41, 5.74) is 1.24. The van der Waals surface area contributed by atoms with Crippen molar-refractivity contribution in [1.82, 2.24) is 4.90 Å². The average molecular weight is 289 g/mol. The fraction of sp³-hybridized carbons (Fsp3) is 0.667. The van der Waals surface area contributed by atoms with Gasteiger partial charge in [0.05, 0.1) is 19.3 Å². The van der Waals surface area contributed by atoms with Crippen LogP contribution in [0.4, 0.5) is 0 Å².